The number of carbonyl (C=O) groups is 1. The van der Waals surface area contributed by atoms with Crippen molar-refractivity contribution >= 4 is 17.7 Å². The Kier molecular flexibility index (Phi) is 9.75. The summed E-state index contributed by atoms with van der Waals surface area (Å²) in [6.45, 7) is 0.120. The van der Waals surface area contributed by atoms with Crippen LogP contribution in [0.15, 0.2) is 48.5 Å². The number of ether oxygens (including phenoxy) is 7. The summed E-state index contributed by atoms with van der Waals surface area (Å²) < 4.78 is 37.8. The molecule has 3 rings (SSSR count). The Bertz CT molecular complexity index is 1290. The van der Waals surface area contributed by atoms with Crippen molar-refractivity contribution in [1.29, 1.82) is 0 Å². The van der Waals surface area contributed by atoms with Crippen molar-refractivity contribution in [3.8, 4) is 46.0 Å². The molecule has 10 nitrogen and oxygen atoms in total. The van der Waals surface area contributed by atoms with E-state index in [9.17, 15) is 9.90 Å². The number of phenolic OH excluding ortho intramolecular Hbond substituents is 1. The summed E-state index contributed by atoms with van der Waals surface area (Å²) in [5.74, 6) is 2.46. The molecule has 0 heterocycles. The van der Waals surface area contributed by atoms with Crippen molar-refractivity contribution in [2.24, 2.45) is 0 Å². The average Bonchev–Trinajstić information content (AvgIpc) is 2.97. The van der Waals surface area contributed by atoms with Crippen molar-refractivity contribution < 1.29 is 43.1 Å². The van der Waals surface area contributed by atoms with Gasteiger partial charge in [0, 0.05) is 18.2 Å². The lowest BCUT2D eigenvalue weighted by atomic mass is 10.1. The molecule has 0 spiro atoms. The molecule has 0 radical (unpaired) electrons. The fraction of sp³-hybridized carbons (Fsp3) is 0.276. The van der Waals surface area contributed by atoms with E-state index in [1.54, 1.807) is 48.5 Å². The zero-order valence-electron chi connectivity index (χ0n) is 23.1. The zero-order valence-corrected chi connectivity index (χ0v) is 23.1. The van der Waals surface area contributed by atoms with Crippen LogP contribution in [0.2, 0.25) is 0 Å². The molecule has 0 aliphatic heterocycles. The molecule has 208 valence electrons. The lowest BCUT2D eigenvalue weighted by Gasteiger charge is -2.24. The van der Waals surface area contributed by atoms with Gasteiger partial charge in [-0.1, -0.05) is 6.07 Å². The maximum absolute atomic E-state index is 13.7. The van der Waals surface area contributed by atoms with E-state index >= 15 is 0 Å². The van der Waals surface area contributed by atoms with Gasteiger partial charge in [-0.05, 0) is 41.5 Å². The molecule has 1 amide bonds. The maximum Gasteiger partial charge on any atom is 0.251 e. The van der Waals surface area contributed by atoms with Gasteiger partial charge < -0.3 is 43.2 Å². The lowest BCUT2D eigenvalue weighted by molar-refractivity contribution is -0.114. The van der Waals surface area contributed by atoms with Crippen LogP contribution < -0.4 is 38.1 Å². The Morgan fingerprint density at radius 3 is 1.62 bits per heavy atom. The lowest BCUT2D eigenvalue weighted by Crippen LogP contribution is -2.28. The minimum absolute atomic E-state index is 0.0414. The number of anilines is 1. The SMILES string of the molecule is COc1ccc(CN(C(=O)/C=C/c2cc(OC)c(OC)c(OC)c2)c2cc(OC)c(OC)c(OC)c2)cc1O. The normalized spacial score (nSPS) is 10.6. The third kappa shape index (κ3) is 6.40. The number of hydrogen-bond donors (Lipinski definition) is 1. The molecule has 0 aliphatic rings. The van der Waals surface area contributed by atoms with Gasteiger partial charge in [-0.2, -0.15) is 0 Å². The zero-order chi connectivity index (χ0) is 28.5. The summed E-state index contributed by atoms with van der Waals surface area (Å²) in [5.41, 5.74) is 1.81. The quantitative estimate of drug-likeness (QED) is 0.328. The fourth-order valence-corrected chi connectivity index (χ4v) is 3.99. The molecule has 10 heteroatoms. The second-order valence-electron chi connectivity index (χ2n) is 8.11. The number of aromatic hydroxyl groups is 1. The van der Waals surface area contributed by atoms with Crippen LogP contribution in [0.1, 0.15) is 11.1 Å². The number of nitrogens with zero attached hydrogens (tertiary/aromatic N) is 1. The smallest absolute Gasteiger partial charge is 0.251 e. The predicted octanol–water partition coefficient (Wildman–Crippen LogP) is 4.70. The van der Waals surface area contributed by atoms with Crippen molar-refractivity contribution in [2.45, 2.75) is 6.54 Å². The van der Waals surface area contributed by atoms with E-state index in [2.05, 4.69) is 0 Å². The van der Waals surface area contributed by atoms with E-state index in [0.29, 0.717) is 57.1 Å². The van der Waals surface area contributed by atoms with Crippen LogP contribution in [0.5, 0.6) is 46.0 Å². The van der Waals surface area contributed by atoms with Gasteiger partial charge in [-0.3, -0.25) is 4.79 Å². The van der Waals surface area contributed by atoms with Gasteiger partial charge in [-0.15, -0.1) is 0 Å². The van der Waals surface area contributed by atoms with E-state index in [0.717, 1.165) is 0 Å². The van der Waals surface area contributed by atoms with E-state index in [1.807, 2.05) is 0 Å². The van der Waals surface area contributed by atoms with Gasteiger partial charge in [0.2, 0.25) is 11.5 Å². The highest BCUT2D eigenvalue weighted by Gasteiger charge is 2.21. The molecule has 39 heavy (non-hydrogen) atoms. The number of benzene rings is 3. The van der Waals surface area contributed by atoms with Crippen molar-refractivity contribution in [3.05, 3.63) is 59.7 Å². The summed E-state index contributed by atoms with van der Waals surface area (Å²) in [5, 5.41) is 10.3. The molecule has 3 aromatic carbocycles. The van der Waals surface area contributed by atoms with Crippen molar-refractivity contribution in [2.75, 3.05) is 54.7 Å². The van der Waals surface area contributed by atoms with Crippen LogP contribution in [-0.2, 0) is 11.3 Å². The average molecular weight is 540 g/mol. The summed E-state index contributed by atoms with van der Waals surface area (Å²) in [4.78, 5) is 15.2. The Balaban J connectivity index is 2.07. The van der Waals surface area contributed by atoms with Gasteiger partial charge in [0.05, 0.1) is 62.0 Å². The van der Waals surface area contributed by atoms with E-state index < -0.39 is 0 Å². The summed E-state index contributed by atoms with van der Waals surface area (Å²) >= 11 is 0. The van der Waals surface area contributed by atoms with Crippen LogP contribution in [0.4, 0.5) is 5.69 Å². The topological polar surface area (TPSA) is 105 Å². The van der Waals surface area contributed by atoms with Crippen LogP contribution in [0.25, 0.3) is 6.08 Å². The summed E-state index contributed by atoms with van der Waals surface area (Å²) in [7, 11) is 10.5. The van der Waals surface area contributed by atoms with Crippen molar-refractivity contribution in [1.82, 2.24) is 0 Å². The molecular formula is C29H33NO9. The molecule has 0 atom stereocenters. The Morgan fingerprint density at radius 2 is 1.18 bits per heavy atom. The fourth-order valence-electron chi connectivity index (χ4n) is 3.99. The van der Waals surface area contributed by atoms with Crippen molar-refractivity contribution in [3.63, 3.8) is 0 Å². The second kappa shape index (κ2) is 13.2. The summed E-state index contributed by atoms with van der Waals surface area (Å²) in [6, 6.07) is 11.8. The first-order valence-corrected chi connectivity index (χ1v) is 11.8. The Labute approximate surface area is 227 Å². The number of carbonyl (C=O) groups excluding carboxylic acids is 1. The number of phenols is 1. The molecule has 0 fully saturated rings. The summed E-state index contributed by atoms with van der Waals surface area (Å²) in [6.07, 6.45) is 3.07. The highest BCUT2D eigenvalue weighted by molar-refractivity contribution is 6.04. The minimum Gasteiger partial charge on any atom is -0.504 e. The van der Waals surface area contributed by atoms with E-state index in [4.69, 9.17) is 33.2 Å². The largest absolute Gasteiger partial charge is 0.504 e. The third-order valence-electron chi connectivity index (χ3n) is 5.92. The van der Waals surface area contributed by atoms with Crippen LogP contribution in [0, 0.1) is 0 Å². The molecular weight excluding hydrogens is 506 g/mol. The molecule has 0 saturated carbocycles. The molecule has 1 N–H and O–H groups in total. The highest BCUT2D eigenvalue weighted by atomic mass is 16.5. The van der Waals surface area contributed by atoms with Crippen LogP contribution in [-0.4, -0.2) is 60.8 Å². The monoisotopic (exact) mass is 539 g/mol. The predicted molar refractivity (Wildman–Crippen MR) is 147 cm³/mol. The maximum atomic E-state index is 13.7. The van der Waals surface area contributed by atoms with Gasteiger partial charge in [0.15, 0.2) is 34.5 Å². The Hall–Kier alpha value is -4.73. The first-order valence-electron chi connectivity index (χ1n) is 11.8. The number of amides is 1. The second-order valence-corrected chi connectivity index (χ2v) is 8.11. The van der Waals surface area contributed by atoms with E-state index in [1.165, 1.54) is 60.7 Å². The third-order valence-corrected chi connectivity index (χ3v) is 5.92. The molecule has 0 bridgehead atoms. The minimum atomic E-state index is -0.353. The van der Waals surface area contributed by atoms with E-state index in [-0.39, 0.29) is 18.2 Å². The molecule has 0 aromatic heterocycles. The van der Waals surface area contributed by atoms with Gasteiger partial charge in [-0.25, -0.2) is 0 Å². The Morgan fingerprint density at radius 1 is 0.692 bits per heavy atom. The highest BCUT2D eigenvalue weighted by Crippen LogP contribution is 2.42. The van der Waals surface area contributed by atoms with Crippen LogP contribution >= 0.6 is 0 Å². The number of methoxy groups -OCH3 is 7. The molecule has 0 unspecified atom stereocenters. The number of rotatable bonds is 12. The molecule has 3 aromatic rings. The van der Waals surface area contributed by atoms with Gasteiger partial charge >= 0.3 is 0 Å². The first-order chi connectivity index (χ1) is 18.8. The standard InChI is InChI=1S/C29H33NO9/c1-33-22-10-8-19(12-21(22)31)17-30(20-15-25(36-4)29(39-7)26(16-20)37-5)27(32)11-9-18-13-23(34-2)28(38-6)24(14-18)35-3/h8-16,31H,17H2,1-7H3/b11-9+. The van der Waals surface area contributed by atoms with Gasteiger partial charge in [0.1, 0.15) is 0 Å². The first kappa shape index (κ1) is 28.8. The van der Waals surface area contributed by atoms with Gasteiger partial charge in [0.25, 0.3) is 5.91 Å². The van der Waals surface area contributed by atoms with Crippen LogP contribution in [0.3, 0.4) is 0 Å². The molecule has 0 aliphatic carbocycles. The number of hydrogen-bond acceptors (Lipinski definition) is 9. The molecule has 0 saturated heterocycles.